The molecule has 0 saturated heterocycles. The predicted molar refractivity (Wildman–Crippen MR) is 122 cm³/mol. The molecule has 3 aromatic rings. The van der Waals surface area contributed by atoms with Crippen LogP contribution in [0.2, 0.25) is 0 Å². The lowest BCUT2D eigenvalue weighted by atomic mass is 10.2. The van der Waals surface area contributed by atoms with Crippen molar-refractivity contribution in [1.29, 1.82) is 0 Å². The topological polar surface area (TPSA) is 88.9 Å². The van der Waals surface area contributed by atoms with Gasteiger partial charge in [-0.2, -0.15) is 0 Å². The molecule has 30 heavy (non-hydrogen) atoms. The first-order valence-electron chi connectivity index (χ1n) is 9.42. The second kappa shape index (κ2) is 10.4. The van der Waals surface area contributed by atoms with Crippen molar-refractivity contribution in [2.45, 2.75) is 32.1 Å². The van der Waals surface area contributed by atoms with Crippen LogP contribution < -0.4 is 10.6 Å². The molecule has 156 valence electrons. The molecule has 0 bridgehead atoms. The molecule has 2 amide bonds. The molecule has 0 unspecified atom stereocenters. The van der Waals surface area contributed by atoms with Crippen LogP contribution in [0.4, 0.5) is 5.69 Å². The molecule has 0 aliphatic rings. The quantitative estimate of drug-likeness (QED) is 0.468. The second-order valence-corrected chi connectivity index (χ2v) is 8.29. The normalized spacial score (nSPS) is 10.6. The highest BCUT2D eigenvalue weighted by molar-refractivity contribution is 9.10. The lowest BCUT2D eigenvalue weighted by molar-refractivity contribution is -0.113. The zero-order chi connectivity index (χ0) is 21.5. The van der Waals surface area contributed by atoms with Crippen LogP contribution in [0.15, 0.2) is 58.2 Å². The fourth-order valence-corrected chi connectivity index (χ4v) is 3.84. The fourth-order valence-electron chi connectivity index (χ4n) is 2.77. The number of benzene rings is 2. The number of rotatable bonds is 8. The number of aromatic nitrogens is 3. The van der Waals surface area contributed by atoms with Crippen LogP contribution in [0.1, 0.15) is 28.7 Å². The number of amides is 2. The molecule has 0 aliphatic heterocycles. The van der Waals surface area contributed by atoms with E-state index >= 15 is 0 Å². The fraction of sp³-hybridized carbons (Fsp3) is 0.238. The highest BCUT2D eigenvalue weighted by Crippen LogP contribution is 2.21. The Morgan fingerprint density at radius 3 is 2.60 bits per heavy atom. The summed E-state index contributed by atoms with van der Waals surface area (Å²) in [5.41, 5.74) is 2.39. The Labute approximate surface area is 187 Å². The van der Waals surface area contributed by atoms with Crippen molar-refractivity contribution in [2.24, 2.45) is 0 Å². The van der Waals surface area contributed by atoms with Crippen LogP contribution in [-0.2, 0) is 17.9 Å². The van der Waals surface area contributed by atoms with Gasteiger partial charge in [-0.25, -0.2) is 0 Å². The summed E-state index contributed by atoms with van der Waals surface area (Å²) in [6.07, 6.45) is 0. The first kappa shape index (κ1) is 22.0. The van der Waals surface area contributed by atoms with E-state index < -0.39 is 0 Å². The largest absolute Gasteiger partial charge is 0.345 e. The van der Waals surface area contributed by atoms with Gasteiger partial charge < -0.3 is 15.2 Å². The Kier molecular flexibility index (Phi) is 7.64. The Morgan fingerprint density at radius 2 is 1.90 bits per heavy atom. The van der Waals surface area contributed by atoms with Gasteiger partial charge in [0.2, 0.25) is 5.91 Å². The molecule has 0 saturated carbocycles. The minimum Gasteiger partial charge on any atom is -0.345 e. The van der Waals surface area contributed by atoms with Gasteiger partial charge in [0.25, 0.3) is 5.91 Å². The Morgan fingerprint density at radius 1 is 1.13 bits per heavy atom. The summed E-state index contributed by atoms with van der Waals surface area (Å²) in [5.74, 6) is 0.572. The number of nitrogens with zero attached hydrogens (tertiary/aromatic N) is 3. The minimum absolute atomic E-state index is 0.119. The molecule has 1 heterocycles. The van der Waals surface area contributed by atoms with Crippen LogP contribution in [0.3, 0.4) is 0 Å². The van der Waals surface area contributed by atoms with E-state index in [0.29, 0.717) is 23.1 Å². The standard InChI is InChI=1S/C21H22BrN5O2S/c1-3-27-18(12-23-20(29)15-7-5-4-6-8-15)25-26-21(27)30-13-19(28)24-16-9-10-17(22)14(2)11-16/h4-11H,3,12-13H2,1-2H3,(H,23,29)(H,24,28). The average Bonchev–Trinajstić information content (AvgIpc) is 3.15. The lowest BCUT2D eigenvalue weighted by Crippen LogP contribution is -2.24. The summed E-state index contributed by atoms with van der Waals surface area (Å²) in [7, 11) is 0. The van der Waals surface area contributed by atoms with Crippen molar-refractivity contribution in [3.63, 3.8) is 0 Å². The summed E-state index contributed by atoms with van der Waals surface area (Å²) < 4.78 is 2.89. The van der Waals surface area contributed by atoms with Gasteiger partial charge in [-0.3, -0.25) is 9.59 Å². The van der Waals surface area contributed by atoms with Crippen molar-refractivity contribution in [3.8, 4) is 0 Å². The third-order valence-corrected chi connectivity index (χ3v) is 6.18. The number of anilines is 1. The van der Waals surface area contributed by atoms with Crippen molar-refractivity contribution in [1.82, 2.24) is 20.1 Å². The molecular weight excluding hydrogens is 466 g/mol. The van der Waals surface area contributed by atoms with Gasteiger partial charge in [0.15, 0.2) is 11.0 Å². The van der Waals surface area contributed by atoms with E-state index in [1.54, 1.807) is 12.1 Å². The van der Waals surface area contributed by atoms with Gasteiger partial charge in [0.1, 0.15) is 0 Å². The molecule has 0 aliphatic carbocycles. The van der Waals surface area contributed by atoms with E-state index in [0.717, 1.165) is 15.7 Å². The second-order valence-electron chi connectivity index (χ2n) is 6.49. The Bertz CT molecular complexity index is 1040. The molecular formula is C21H22BrN5O2S. The van der Waals surface area contributed by atoms with E-state index in [9.17, 15) is 9.59 Å². The molecule has 0 atom stereocenters. The van der Waals surface area contributed by atoms with E-state index in [1.807, 2.05) is 54.8 Å². The van der Waals surface area contributed by atoms with Crippen molar-refractivity contribution >= 4 is 45.2 Å². The van der Waals surface area contributed by atoms with Crippen LogP contribution in [0.5, 0.6) is 0 Å². The summed E-state index contributed by atoms with van der Waals surface area (Å²) >= 11 is 4.76. The van der Waals surface area contributed by atoms with Crippen molar-refractivity contribution < 1.29 is 9.59 Å². The molecule has 0 radical (unpaired) electrons. The van der Waals surface area contributed by atoms with E-state index in [1.165, 1.54) is 11.8 Å². The summed E-state index contributed by atoms with van der Waals surface area (Å²) in [6.45, 7) is 4.84. The van der Waals surface area contributed by atoms with E-state index in [4.69, 9.17) is 0 Å². The number of carbonyl (C=O) groups is 2. The average molecular weight is 488 g/mol. The zero-order valence-corrected chi connectivity index (χ0v) is 19.1. The lowest BCUT2D eigenvalue weighted by Gasteiger charge is -2.09. The summed E-state index contributed by atoms with van der Waals surface area (Å²) in [5, 5.41) is 14.7. The van der Waals surface area contributed by atoms with Gasteiger partial charge >= 0.3 is 0 Å². The number of aryl methyl sites for hydroxylation is 1. The van der Waals surface area contributed by atoms with Gasteiger partial charge in [0, 0.05) is 22.3 Å². The molecule has 2 aromatic carbocycles. The Hall–Kier alpha value is -2.65. The zero-order valence-electron chi connectivity index (χ0n) is 16.7. The molecule has 7 nitrogen and oxygen atoms in total. The van der Waals surface area contributed by atoms with Crippen LogP contribution >= 0.6 is 27.7 Å². The van der Waals surface area contributed by atoms with Crippen molar-refractivity contribution in [3.05, 3.63) is 70.0 Å². The van der Waals surface area contributed by atoms with Gasteiger partial charge in [-0.05, 0) is 49.7 Å². The monoisotopic (exact) mass is 487 g/mol. The van der Waals surface area contributed by atoms with Gasteiger partial charge in [0.05, 0.1) is 12.3 Å². The predicted octanol–water partition coefficient (Wildman–Crippen LogP) is 4.03. The van der Waals surface area contributed by atoms with Crippen LogP contribution in [-0.4, -0.2) is 32.3 Å². The van der Waals surface area contributed by atoms with E-state index in [-0.39, 0.29) is 24.1 Å². The number of halogens is 1. The maximum absolute atomic E-state index is 12.3. The summed E-state index contributed by atoms with van der Waals surface area (Å²) in [6, 6.07) is 14.7. The van der Waals surface area contributed by atoms with Gasteiger partial charge in [-0.1, -0.05) is 45.9 Å². The SMILES string of the molecule is CCn1c(CNC(=O)c2ccccc2)nnc1SCC(=O)Nc1ccc(Br)c(C)c1. The number of hydrogen-bond acceptors (Lipinski definition) is 5. The van der Waals surface area contributed by atoms with Crippen LogP contribution in [0.25, 0.3) is 0 Å². The molecule has 0 fully saturated rings. The molecule has 9 heteroatoms. The third kappa shape index (κ3) is 5.70. The molecule has 1 aromatic heterocycles. The first-order valence-corrected chi connectivity index (χ1v) is 11.2. The summed E-state index contributed by atoms with van der Waals surface area (Å²) in [4.78, 5) is 24.5. The van der Waals surface area contributed by atoms with Gasteiger partial charge in [-0.15, -0.1) is 10.2 Å². The van der Waals surface area contributed by atoms with E-state index in [2.05, 4.69) is 36.8 Å². The number of thioether (sulfide) groups is 1. The van der Waals surface area contributed by atoms with Crippen LogP contribution in [0, 0.1) is 6.92 Å². The third-order valence-electron chi connectivity index (χ3n) is 4.33. The number of carbonyl (C=O) groups excluding carboxylic acids is 2. The minimum atomic E-state index is -0.167. The molecule has 0 spiro atoms. The number of hydrogen-bond donors (Lipinski definition) is 2. The molecule has 3 rings (SSSR count). The van der Waals surface area contributed by atoms with Crippen molar-refractivity contribution in [2.75, 3.05) is 11.1 Å². The molecule has 2 N–H and O–H groups in total. The smallest absolute Gasteiger partial charge is 0.251 e. The first-order chi connectivity index (χ1) is 14.5. The number of nitrogens with one attached hydrogen (secondary N) is 2. The maximum atomic E-state index is 12.3. The maximum Gasteiger partial charge on any atom is 0.251 e. The Balaban J connectivity index is 1.56. The highest BCUT2D eigenvalue weighted by atomic mass is 79.9. The highest BCUT2D eigenvalue weighted by Gasteiger charge is 2.14.